The molecule has 0 radical (unpaired) electrons. The zero-order valence-corrected chi connectivity index (χ0v) is 16.5. The molecule has 4 saturated carbocycles. The van der Waals surface area contributed by atoms with Crippen LogP contribution in [0.15, 0.2) is 48.4 Å². The van der Waals surface area contributed by atoms with Crippen LogP contribution in [0, 0.1) is 23.2 Å². The van der Waals surface area contributed by atoms with Gasteiger partial charge in [0.15, 0.2) is 5.82 Å². The first-order valence-corrected chi connectivity index (χ1v) is 10.5. The Morgan fingerprint density at radius 2 is 1.93 bits per heavy atom. The maximum Gasteiger partial charge on any atom is 0.244 e. The van der Waals surface area contributed by atoms with Crippen LogP contribution in [-0.4, -0.2) is 20.7 Å². The van der Waals surface area contributed by atoms with Crippen LogP contribution in [0.4, 0.5) is 0 Å². The number of carbonyl (C=O) groups is 1. The minimum absolute atomic E-state index is 0.0180. The third-order valence-corrected chi connectivity index (χ3v) is 7.24. The normalized spacial score (nSPS) is 31.2. The molecule has 2 aromatic heterocycles. The Labute approximate surface area is 166 Å². The van der Waals surface area contributed by atoms with E-state index in [1.54, 1.807) is 17.1 Å². The lowest BCUT2D eigenvalue weighted by Crippen LogP contribution is -2.46. The van der Waals surface area contributed by atoms with Crippen molar-refractivity contribution in [2.75, 3.05) is 0 Å². The summed E-state index contributed by atoms with van der Waals surface area (Å²) in [5.41, 5.74) is 2.60. The number of hydrogen-bond donors (Lipinski definition) is 1. The molecule has 1 amide bonds. The zero-order valence-electron chi connectivity index (χ0n) is 16.5. The van der Waals surface area contributed by atoms with Gasteiger partial charge in [-0.3, -0.25) is 4.79 Å². The van der Waals surface area contributed by atoms with Crippen molar-refractivity contribution in [1.82, 2.24) is 20.1 Å². The molecule has 5 heteroatoms. The first-order valence-electron chi connectivity index (χ1n) is 10.5. The van der Waals surface area contributed by atoms with E-state index in [0.717, 1.165) is 29.1 Å². The number of pyridine rings is 1. The molecular formula is C23H28N4O. The number of aromatic nitrogens is 3. The Morgan fingerprint density at radius 3 is 2.50 bits per heavy atom. The Hall–Kier alpha value is -2.43. The maximum absolute atomic E-state index is 12.6. The zero-order chi connectivity index (χ0) is 19.1. The van der Waals surface area contributed by atoms with Crippen molar-refractivity contribution in [2.45, 2.75) is 52.0 Å². The summed E-state index contributed by atoms with van der Waals surface area (Å²) in [6, 6.07) is 5.78. The maximum atomic E-state index is 12.6. The smallest absolute Gasteiger partial charge is 0.244 e. The molecule has 6 rings (SSSR count). The lowest BCUT2D eigenvalue weighted by Gasteiger charge is -2.57. The summed E-state index contributed by atoms with van der Waals surface area (Å²) >= 11 is 0. The van der Waals surface area contributed by atoms with Crippen molar-refractivity contribution in [1.29, 1.82) is 0 Å². The summed E-state index contributed by atoms with van der Waals surface area (Å²) in [7, 11) is 0. The largest absolute Gasteiger partial charge is 0.348 e. The van der Waals surface area contributed by atoms with Crippen LogP contribution in [0.3, 0.4) is 0 Å². The van der Waals surface area contributed by atoms with E-state index in [-0.39, 0.29) is 5.91 Å². The number of amides is 1. The van der Waals surface area contributed by atoms with Crippen LogP contribution in [0.1, 0.15) is 51.0 Å². The minimum Gasteiger partial charge on any atom is -0.348 e. The number of allylic oxidation sites excluding steroid dienone is 1. The van der Waals surface area contributed by atoms with Gasteiger partial charge in [0.05, 0.1) is 0 Å². The van der Waals surface area contributed by atoms with Crippen LogP contribution in [0.2, 0.25) is 0 Å². The standard InChI is InChI=1S/C23H28N4O/c1-16(23-11-18-8-19(12-23)10-20(9-18)13-23)7-22(28)25-15-17-3-4-21(24-14-17)27-6-2-5-26-27/h2-7,14,18-20H,8-13,15H2,1H3,(H,25,28)/b16-7-. The average Bonchev–Trinajstić information content (AvgIpc) is 3.20. The number of rotatable bonds is 5. The summed E-state index contributed by atoms with van der Waals surface area (Å²) in [6.07, 6.45) is 15.5. The van der Waals surface area contributed by atoms with Crippen LogP contribution in [0.5, 0.6) is 0 Å². The van der Waals surface area contributed by atoms with Gasteiger partial charge < -0.3 is 5.32 Å². The molecule has 146 valence electrons. The molecule has 0 saturated heterocycles. The lowest BCUT2D eigenvalue weighted by molar-refractivity contribution is -0.116. The second kappa shape index (κ2) is 6.87. The predicted molar refractivity (Wildman–Crippen MR) is 108 cm³/mol. The van der Waals surface area contributed by atoms with E-state index in [1.807, 2.05) is 30.5 Å². The molecular weight excluding hydrogens is 348 g/mol. The fourth-order valence-electron chi connectivity index (χ4n) is 6.24. The molecule has 28 heavy (non-hydrogen) atoms. The van der Waals surface area contributed by atoms with E-state index < -0.39 is 0 Å². The van der Waals surface area contributed by atoms with Crippen molar-refractivity contribution in [3.8, 4) is 5.82 Å². The highest BCUT2D eigenvalue weighted by atomic mass is 16.1. The highest BCUT2D eigenvalue weighted by molar-refractivity contribution is 5.88. The second-order valence-corrected chi connectivity index (χ2v) is 9.22. The van der Waals surface area contributed by atoms with E-state index in [9.17, 15) is 4.79 Å². The minimum atomic E-state index is 0.0180. The fourth-order valence-corrected chi connectivity index (χ4v) is 6.24. The average molecular weight is 377 g/mol. The summed E-state index contributed by atoms with van der Waals surface area (Å²) in [5.74, 6) is 3.49. The van der Waals surface area contributed by atoms with Crippen molar-refractivity contribution in [3.63, 3.8) is 0 Å². The van der Waals surface area contributed by atoms with Gasteiger partial charge in [0.25, 0.3) is 0 Å². The topological polar surface area (TPSA) is 59.8 Å². The van der Waals surface area contributed by atoms with Crippen LogP contribution < -0.4 is 5.32 Å². The Balaban J connectivity index is 1.21. The van der Waals surface area contributed by atoms with Crippen LogP contribution in [-0.2, 0) is 11.3 Å². The Kier molecular flexibility index (Phi) is 4.33. The quantitative estimate of drug-likeness (QED) is 0.801. The molecule has 4 aliphatic rings. The van der Waals surface area contributed by atoms with Gasteiger partial charge in [-0.05, 0) is 86.3 Å². The van der Waals surface area contributed by atoms with Gasteiger partial charge in [-0.2, -0.15) is 5.10 Å². The lowest BCUT2D eigenvalue weighted by atomic mass is 9.48. The van der Waals surface area contributed by atoms with Gasteiger partial charge >= 0.3 is 0 Å². The van der Waals surface area contributed by atoms with Crippen molar-refractivity contribution >= 4 is 5.91 Å². The summed E-state index contributed by atoms with van der Waals surface area (Å²) in [6.45, 7) is 2.68. The molecule has 2 heterocycles. The molecule has 1 N–H and O–H groups in total. The van der Waals surface area contributed by atoms with Crippen molar-refractivity contribution in [3.05, 3.63) is 54.0 Å². The number of carbonyl (C=O) groups excluding carboxylic acids is 1. The van der Waals surface area contributed by atoms with Gasteiger partial charge in [0.1, 0.15) is 0 Å². The molecule has 2 aromatic rings. The highest BCUT2D eigenvalue weighted by Crippen LogP contribution is 2.62. The van der Waals surface area contributed by atoms with E-state index >= 15 is 0 Å². The molecule has 4 aliphatic carbocycles. The fraction of sp³-hybridized carbons (Fsp3) is 0.522. The van der Waals surface area contributed by atoms with Crippen molar-refractivity contribution in [2.24, 2.45) is 23.2 Å². The predicted octanol–water partition coefficient (Wildman–Crippen LogP) is 4.05. The van der Waals surface area contributed by atoms with E-state index in [2.05, 4.69) is 22.3 Å². The molecule has 0 aromatic carbocycles. The van der Waals surface area contributed by atoms with Gasteiger partial charge in [0, 0.05) is 31.2 Å². The number of hydrogen-bond acceptors (Lipinski definition) is 3. The molecule has 5 nitrogen and oxygen atoms in total. The van der Waals surface area contributed by atoms with E-state index in [0.29, 0.717) is 12.0 Å². The number of nitrogens with one attached hydrogen (secondary N) is 1. The Morgan fingerprint density at radius 1 is 1.21 bits per heavy atom. The van der Waals surface area contributed by atoms with Crippen LogP contribution >= 0.6 is 0 Å². The first kappa shape index (κ1) is 17.7. The molecule has 0 unspecified atom stereocenters. The second-order valence-electron chi connectivity index (χ2n) is 9.22. The number of nitrogens with zero attached hydrogens (tertiary/aromatic N) is 3. The SMILES string of the molecule is C/C(=C/C(=O)NCc1ccc(-n2cccn2)nc1)C12CC3CC(CC(C3)C1)C2. The molecule has 0 atom stereocenters. The van der Waals surface area contributed by atoms with E-state index in [1.165, 1.54) is 44.1 Å². The molecule has 4 bridgehead atoms. The van der Waals surface area contributed by atoms with Crippen LogP contribution in [0.25, 0.3) is 5.82 Å². The molecule has 4 fully saturated rings. The summed E-state index contributed by atoms with van der Waals surface area (Å²) < 4.78 is 1.72. The van der Waals surface area contributed by atoms with E-state index in [4.69, 9.17) is 0 Å². The molecule has 0 spiro atoms. The third-order valence-electron chi connectivity index (χ3n) is 7.24. The Bertz CT molecular complexity index is 847. The summed E-state index contributed by atoms with van der Waals surface area (Å²) in [5, 5.41) is 7.22. The first-order chi connectivity index (χ1) is 13.6. The molecule has 0 aliphatic heterocycles. The van der Waals surface area contributed by atoms with Gasteiger partial charge in [0.2, 0.25) is 5.91 Å². The van der Waals surface area contributed by atoms with Crippen molar-refractivity contribution < 1.29 is 4.79 Å². The third kappa shape index (κ3) is 3.27. The highest BCUT2D eigenvalue weighted by Gasteiger charge is 2.51. The van der Waals surface area contributed by atoms with Gasteiger partial charge in [-0.15, -0.1) is 0 Å². The monoisotopic (exact) mass is 376 g/mol. The summed E-state index contributed by atoms with van der Waals surface area (Å²) in [4.78, 5) is 17.0. The van der Waals surface area contributed by atoms with Gasteiger partial charge in [-0.1, -0.05) is 11.6 Å². The van der Waals surface area contributed by atoms with Gasteiger partial charge in [-0.25, -0.2) is 9.67 Å².